The van der Waals surface area contributed by atoms with Gasteiger partial charge in [0, 0.05) is 5.75 Å². The summed E-state index contributed by atoms with van der Waals surface area (Å²) in [4.78, 5) is 10.5. The maximum Gasteiger partial charge on any atom is 0.307 e. The first-order valence-electron chi connectivity index (χ1n) is 5.79. The van der Waals surface area contributed by atoms with Crippen LogP contribution >= 0.6 is 11.8 Å². The van der Waals surface area contributed by atoms with Crippen molar-refractivity contribution in [1.29, 1.82) is 0 Å². The van der Waals surface area contributed by atoms with Crippen molar-refractivity contribution in [2.45, 2.75) is 25.4 Å². The number of ether oxygens (including phenoxy) is 1. The van der Waals surface area contributed by atoms with Gasteiger partial charge in [-0.15, -0.1) is 0 Å². The number of rotatable bonds is 4. The zero-order valence-corrected chi connectivity index (χ0v) is 10.4. The number of carboxylic acids is 1. The van der Waals surface area contributed by atoms with Gasteiger partial charge in [0.15, 0.2) is 0 Å². The van der Waals surface area contributed by atoms with E-state index in [1.807, 2.05) is 36.0 Å². The molecule has 1 atom stereocenters. The molecule has 1 aliphatic heterocycles. The first-order valence-corrected chi connectivity index (χ1v) is 6.94. The van der Waals surface area contributed by atoms with E-state index in [1.165, 1.54) is 12.2 Å². The van der Waals surface area contributed by atoms with Crippen LogP contribution in [0.4, 0.5) is 0 Å². The van der Waals surface area contributed by atoms with Crippen molar-refractivity contribution in [3.05, 3.63) is 29.8 Å². The molecule has 17 heavy (non-hydrogen) atoms. The number of thioether (sulfide) groups is 1. The van der Waals surface area contributed by atoms with Gasteiger partial charge in [0.1, 0.15) is 11.9 Å². The van der Waals surface area contributed by atoms with Crippen molar-refractivity contribution < 1.29 is 14.6 Å². The molecule has 1 N–H and O–H groups in total. The SMILES string of the molecule is O=C(O)Cc1ccc(OC2CCCSC2)cc1. The predicted molar refractivity (Wildman–Crippen MR) is 68.8 cm³/mol. The molecule has 92 valence electrons. The Labute approximate surface area is 105 Å². The van der Waals surface area contributed by atoms with Gasteiger partial charge < -0.3 is 9.84 Å². The maximum absolute atomic E-state index is 10.5. The molecule has 0 saturated carbocycles. The smallest absolute Gasteiger partial charge is 0.307 e. The van der Waals surface area contributed by atoms with Gasteiger partial charge in [0.05, 0.1) is 6.42 Å². The third-order valence-electron chi connectivity index (χ3n) is 2.70. The predicted octanol–water partition coefficient (Wildman–Crippen LogP) is 2.59. The van der Waals surface area contributed by atoms with E-state index in [2.05, 4.69) is 0 Å². The third kappa shape index (κ3) is 3.97. The van der Waals surface area contributed by atoms with Gasteiger partial charge in [-0.2, -0.15) is 11.8 Å². The molecule has 2 rings (SSSR count). The van der Waals surface area contributed by atoms with Gasteiger partial charge in [-0.1, -0.05) is 12.1 Å². The lowest BCUT2D eigenvalue weighted by atomic mass is 10.1. The fraction of sp³-hybridized carbons (Fsp3) is 0.462. The Morgan fingerprint density at radius 1 is 1.41 bits per heavy atom. The summed E-state index contributed by atoms with van der Waals surface area (Å²) in [6.45, 7) is 0. The summed E-state index contributed by atoms with van der Waals surface area (Å²) in [7, 11) is 0. The molecular weight excluding hydrogens is 236 g/mol. The summed E-state index contributed by atoms with van der Waals surface area (Å²) in [6.07, 6.45) is 2.70. The summed E-state index contributed by atoms with van der Waals surface area (Å²) < 4.78 is 5.85. The molecule has 0 aliphatic carbocycles. The number of hydrogen-bond donors (Lipinski definition) is 1. The third-order valence-corrected chi connectivity index (χ3v) is 3.88. The van der Waals surface area contributed by atoms with Gasteiger partial charge in [-0.3, -0.25) is 4.79 Å². The lowest BCUT2D eigenvalue weighted by Crippen LogP contribution is -2.23. The van der Waals surface area contributed by atoms with Crippen molar-refractivity contribution in [2.75, 3.05) is 11.5 Å². The Kier molecular flexibility index (Phi) is 4.31. The van der Waals surface area contributed by atoms with E-state index in [4.69, 9.17) is 9.84 Å². The van der Waals surface area contributed by atoms with Crippen LogP contribution in [0.25, 0.3) is 0 Å². The number of carbonyl (C=O) groups is 1. The Morgan fingerprint density at radius 2 is 2.18 bits per heavy atom. The molecule has 0 amide bonds. The fourth-order valence-electron chi connectivity index (χ4n) is 1.86. The standard InChI is InChI=1S/C13H16O3S/c14-13(15)8-10-3-5-11(6-4-10)16-12-2-1-7-17-9-12/h3-6,12H,1-2,7-9H2,(H,14,15). The van der Waals surface area contributed by atoms with E-state index in [-0.39, 0.29) is 6.42 Å². The summed E-state index contributed by atoms with van der Waals surface area (Å²) in [5, 5.41) is 8.66. The van der Waals surface area contributed by atoms with Crippen LogP contribution in [0.2, 0.25) is 0 Å². The van der Waals surface area contributed by atoms with Crippen molar-refractivity contribution in [2.24, 2.45) is 0 Å². The van der Waals surface area contributed by atoms with E-state index < -0.39 is 5.97 Å². The Morgan fingerprint density at radius 3 is 2.76 bits per heavy atom. The highest BCUT2D eigenvalue weighted by Crippen LogP contribution is 2.22. The summed E-state index contributed by atoms with van der Waals surface area (Å²) in [5.74, 6) is 2.32. The lowest BCUT2D eigenvalue weighted by molar-refractivity contribution is -0.136. The van der Waals surface area contributed by atoms with E-state index in [0.29, 0.717) is 6.10 Å². The second-order valence-electron chi connectivity index (χ2n) is 4.17. The number of carboxylic acid groups (broad SMARTS) is 1. The first-order chi connectivity index (χ1) is 8.24. The van der Waals surface area contributed by atoms with E-state index in [9.17, 15) is 4.79 Å². The van der Waals surface area contributed by atoms with Crippen LogP contribution in [-0.2, 0) is 11.2 Å². The molecule has 4 heteroatoms. The van der Waals surface area contributed by atoms with Gasteiger partial charge in [-0.05, 0) is 36.3 Å². The molecule has 1 saturated heterocycles. The molecule has 1 fully saturated rings. The Bertz CT molecular complexity index is 369. The van der Waals surface area contributed by atoms with Crippen molar-refractivity contribution in [1.82, 2.24) is 0 Å². The number of benzene rings is 1. The van der Waals surface area contributed by atoms with E-state index >= 15 is 0 Å². The van der Waals surface area contributed by atoms with Gasteiger partial charge >= 0.3 is 5.97 Å². The molecule has 0 radical (unpaired) electrons. The van der Waals surface area contributed by atoms with Gasteiger partial charge in [-0.25, -0.2) is 0 Å². The lowest BCUT2D eigenvalue weighted by Gasteiger charge is -2.22. The van der Waals surface area contributed by atoms with Crippen LogP contribution in [0.15, 0.2) is 24.3 Å². The van der Waals surface area contributed by atoms with Crippen LogP contribution in [0.1, 0.15) is 18.4 Å². The van der Waals surface area contributed by atoms with Crippen molar-refractivity contribution in [3.8, 4) is 5.75 Å². The van der Waals surface area contributed by atoms with Crippen LogP contribution in [0.3, 0.4) is 0 Å². The highest BCUT2D eigenvalue weighted by molar-refractivity contribution is 7.99. The molecule has 0 spiro atoms. The molecule has 1 aromatic rings. The van der Waals surface area contributed by atoms with Crippen molar-refractivity contribution >= 4 is 17.7 Å². The average Bonchev–Trinajstić information content (AvgIpc) is 2.32. The van der Waals surface area contributed by atoms with Crippen molar-refractivity contribution in [3.63, 3.8) is 0 Å². The molecular formula is C13H16O3S. The van der Waals surface area contributed by atoms with E-state index in [1.54, 1.807) is 0 Å². The van der Waals surface area contributed by atoms with Gasteiger partial charge in [0.25, 0.3) is 0 Å². The average molecular weight is 252 g/mol. The minimum atomic E-state index is -0.803. The second-order valence-corrected chi connectivity index (χ2v) is 5.32. The maximum atomic E-state index is 10.5. The normalized spacial score (nSPS) is 19.9. The second kappa shape index (κ2) is 5.96. The number of aliphatic carboxylic acids is 1. The van der Waals surface area contributed by atoms with Gasteiger partial charge in [0.2, 0.25) is 0 Å². The molecule has 1 aliphatic rings. The molecule has 0 bridgehead atoms. The van der Waals surface area contributed by atoms with Crippen LogP contribution in [0, 0.1) is 0 Å². The monoisotopic (exact) mass is 252 g/mol. The number of hydrogen-bond acceptors (Lipinski definition) is 3. The largest absolute Gasteiger partial charge is 0.490 e. The summed E-state index contributed by atoms with van der Waals surface area (Å²) in [5.41, 5.74) is 0.808. The Balaban J connectivity index is 1.90. The molecule has 1 aromatic carbocycles. The Hall–Kier alpha value is -1.16. The zero-order chi connectivity index (χ0) is 12.1. The van der Waals surface area contributed by atoms with Crippen LogP contribution in [-0.4, -0.2) is 28.7 Å². The topological polar surface area (TPSA) is 46.5 Å². The minimum absolute atomic E-state index is 0.0690. The van der Waals surface area contributed by atoms with E-state index in [0.717, 1.165) is 23.5 Å². The molecule has 1 unspecified atom stereocenters. The molecule has 1 heterocycles. The highest BCUT2D eigenvalue weighted by atomic mass is 32.2. The van der Waals surface area contributed by atoms with Crippen LogP contribution in [0.5, 0.6) is 5.75 Å². The fourth-order valence-corrected chi connectivity index (χ4v) is 2.89. The molecule has 0 aromatic heterocycles. The summed E-state index contributed by atoms with van der Waals surface area (Å²) >= 11 is 1.93. The highest BCUT2D eigenvalue weighted by Gasteiger charge is 2.15. The molecule has 3 nitrogen and oxygen atoms in total. The first kappa shape index (κ1) is 12.3. The quantitative estimate of drug-likeness (QED) is 0.894. The zero-order valence-electron chi connectivity index (χ0n) is 9.59. The van der Waals surface area contributed by atoms with Crippen LogP contribution < -0.4 is 4.74 Å². The minimum Gasteiger partial charge on any atom is -0.490 e. The summed E-state index contributed by atoms with van der Waals surface area (Å²) in [6, 6.07) is 7.36.